The number of nitro groups is 1. The van der Waals surface area contributed by atoms with Crippen LogP contribution in [0.2, 0.25) is 0 Å². The summed E-state index contributed by atoms with van der Waals surface area (Å²) in [5, 5.41) is 19.3. The molecule has 0 bridgehead atoms. The first-order valence-electron chi connectivity index (χ1n) is 8.45. The van der Waals surface area contributed by atoms with Gasteiger partial charge < -0.3 is 20.2 Å². The van der Waals surface area contributed by atoms with Gasteiger partial charge in [0.25, 0.3) is 17.5 Å². The lowest BCUT2D eigenvalue weighted by Gasteiger charge is -2.08. The van der Waals surface area contributed by atoms with E-state index < -0.39 is 16.7 Å². The molecule has 0 aliphatic heterocycles. The Kier molecular flexibility index (Phi) is 7.24. The van der Waals surface area contributed by atoms with Crippen LogP contribution in [0.4, 0.5) is 17.1 Å². The maximum Gasteiger partial charge on any atom is 0.273 e. The van der Waals surface area contributed by atoms with E-state index in [1.807, 2.05) is 32.0 Å². The van der Waals surface area contributed by atoms with E-state index in [0.717, 1.165) is 17.3 Å². The van der Waals surface area contributed by atoms with E-state index in [2.05, 4.69) is 15.8 Å². The third-order valence-corrected chi connectivity index (χ3v) is 3.60. The molecule has 152 valence electrons. The molecule has 2 aromatic carbocycles. The Morgan fingerprint density at radius 1 is 1.14 bits per heavy atom. The predicted molar refractivity (Wildman–Crippen MR) is 107 cm³/mol. The fraction of sp³-hybridized carbons (Fsp3) is 0.211. The van der Waals surface area contributed by atoms with Crippen molar-refractivity contribution in [2.24, 2.45) is 5.16 Å². The Hall–Kier alpha value is -3.95. The van der Waals surface area contributed by atoms with Gasteiger partial charge in [0.1, 0.15) is 12.0 Å². The molecule has 10 heteroatoms. The van der Waals surface area contributed by atoms with Crippen molar-refractivity contribution in [3.8, 4) is 5.75 Å². The number of ether oxygens (including phenoxy) is 1. The molecule has 0 spiro atoms. The highest BCUT2D eigenvalue weighted by Gasteiger charge is 2.12. The number of benzene rings is 2. The van der Waals surface area contributed by atoms with Crippen LogP contribution in [0.25, 0.3) is 0 Å². The third kappa shape index (κ3) is 6.61. The van der Waals surface area contributed by atoms with Crippen molar-refractivity contribution in [1.29, 1.82) is 0 Å². The maximum absolute atomic E-state index is 11.9. The molecule has 0 aliphatic rings. The topological polar surface area (TPSA) is 132 Å². The molecule has 29 heavy (non-hydrogen) atoms. The van der Waals surface area contributed by atoms with Crippen LogP contribution in [0.15, 0.2) is 41.6 Å². The first-order valence-corrected chi connectivity index (χ1v) is 8.45. The number of amides is 2. The normalized spacial score (nSPS) is 10.4. The first-order chi connectivity index (χ1) is 13.8. The molecule has 2 N–H and O–H groups in total. The minimum absolute atomic E-state index is 0.120. The second-order valence-electron chi connectivity index (χ2n) is 6.06. The summed E-state index contributed by atoms with van der Waals surface area (Å²) < 4.78 is 5.02. The maximum atomic E-state index is 11.9. The van der Waals surface area contributed by atoms with Crippen molar-refractivity contribution in [1.82, 2.24) is 0 Å². The Balaban J connectivity index is 1.85. The monoisotopic (exact) mass is 400 g/mol. The van der Waals surface area contributed by atoms with E-state index >= 15 is 0 Å². The molecule has 0 radical (unpaired) electrons. The zero-order valence-electron chi connectivity index (χ0n) is 16.1. The van der Waals surface area contributed by atoms with Crippen LogP contribution in [0.3, 0.4) is 0 Å². The Labute approximate surface area is 166 Å². The molecule has 0 fully saturated rings. The van der Waals surface area contributed by atoms with Gasteiger partial charge in [-0.15, -0.1) is 0 Å². The summed E-state index contributed by atoms with van der Waals surface area (Å²) in [6.07, 6.45) is 0.838. The highest BCUT2D eigenvalue weighted by Crippen LogP contribution is 2.28. The van der Waals surface area contributed by atoms with Crippen molar-refractivity contribution in [2.75, 3.05) is 24.4 Å². The Morgan fingerprint density at radius 3 is 2.45 bits per heavy atom. The number of hydrogen-bond donors (Lipinski definition) is 2. The van der Waals surface area contributed by atoms with Crippen LogP contribution in [0, 0.1) is 24.0 Å². The number of non-ortho nitro benzene ring substituents is 1. The average molecular weight is 400 g/mol. The number of hydrogen-bond acceptors (Lipinski definition) is 7. The summed E-state index contributed by atoms with van der Waals surface area (Å²) in [6.45, 7) is 3.46. The number of nitrogens with one attached hydrogen (secondary N) is 2. The van der Waals surface area contributed by atoms with Gasteiger partial charge in [-0.1, -0.05) is 11.2 Å². The van der Waals surface area contributed by atoms with E-state index in [9.17, 15) is 19.7 Å². The zero-order chi connectivity index (χ0) is 21.4. The number of anilines is 2. The van der Waals surface area contributed by atoms with Crippen molar-refractivity contribution in [3.63, 3.8) is 0 Å². The van der Waals surface area contributed by atoms with E-state index in [-0.39, 0.29) is 23.7 Å². The van der Waals surface area contributed by atoms with Gasteiger partial charge in [0, 0.05) is 11.8 Å². The van der Waals surface area contributed by atoms with Gasteiger partial charge in [-0.05, 0) is 43.2 Å². The number of carbonyl (C=O) groups excluding carboxylic acids is 2. The van der Waals surface area contributed by atoms with Gasteiger partial charge in [-0.3, -0.25) is 19.7 Å². The highest BCUT2D eigenvalue weighted by molar-refractivity contribution is 6.31. The number of aryl methyl sites for hydroxylation is 2. The molecule has 0 heterocycles. The van der Waals surface area contributed by atoms with Crippen molar-refractivity contribution < 1.29 is 24.1 Å². The van der Waals surface area contributed by atoms with Gasteiger partial charge in [-0.2, -0.15) is 0 Å². The molecule has 2 amide bonds. The highest BCUT2D eigenvalue weighted by atomic mass is 16.6. The minimum Gasteiger partial charge on any atom is -0.494 e. The van der Waals surface area contributed by atoms with E-state index in [1.165, 1.54) is 25.3 Å². The quantitative estimate of drug-likeness (QED) is 0.398. The molecule has 10 nitrogen and oxygen atoms in total. The standard InChI is InChI=1S/C19H20N4O6/c1-12-6-13(2)8-14(7-12)21-19(25)11-29-20-10-18(24)22-16-5-4-15(23(26)27)9-17(16)28-3/h4-10H,11H2,1-3H3,(H,21,25)(H,22,24)/b20-10-. The minimum atomic E-state index is -0.660. The number of nitro benzene ring substituents is 1. The van der Waals surface area contributed by atoms with Crippen molar-refractivity contribution in [3.05, 3.63) is 57.6 Å². The molecule has 0 saturated carbocycles. The summed E-state index contributed by atoms with van der Waals surface area (Å²) in [5.41, 5.74) is 2.71. The molecule has 0 atom stereocenters. The van der Waals surface area contributed by atoms with Gasteiger partial charge >= 0.3 is 0 Å². The lowest BCUT2D eigenvalue weighted by molar-refractivity contribution is -0.384. The first kappa shape index (κ1) is 21.4. The lowest BCUT2D eigenvalue weighted by atomic mass is 10.1. The molecule has 0 aromatic heterocycles. The van der Waals surface area contributed by atoms with Crippen LogP contribution >= 0.6 is 0 Å². The van der Waals surface area contributed by atoms with Gasteiger partial charge in [-0.25, -0.2) is 0 Å². The summed E-state index contributed by atoms with van der Waals surface area (Å²) in [7, 11) is 1.32. The van der Waals surface area contributed by atoms with Gasteiger partial charge in [0.2, 0.25) is 0 Å². The fourth-order valence-electron chi connectivity index (χ4n) is 2.49. The molecule has 2 aromatic rings. The number of methoxy groups -OCH3 is 1. The summed E-state index contributed by atoms with van der Waals surface area (Å²) in [6, 6.07) is 9.36. The van der Waals surface area contributed by atoms with Gasteiger partial charge in [0.15, 0.2) is 6.61 Å². The number of carbonyl (C=O) groups is 2. The van der Waals surface area contributed by atoms with E-state index in [1.54, 1.807) is 0 Å². The van der Waals surface area contributed by atoms with Crippen molar-refractivity contribution >= 4 is 35.1 Å². The second-order valence-corrected chi connectivity index (χ2v) is 6.06. The number of rotatable bonds is 8. The summed E-state index contributed by atoms with van der Waals surface area (Å²) in [4.78, 5) is 38.8. The van der Waals surface area contributed by atoms with E-state index in [4.69, 9.17) is 9.57 Å². The molecule has 0 unspecified atom stereocenters. The van der Waals surface area contributed by atoms with Gasteiger partial charge in [0.05, 0.1) is 23.8 Å². The lowest BCUT2D eigenvalue weighted by Crippen LogP contribution is -2.18. The van der Waals surface area contributed by atoms with E-state index in [0.29, 0.717) is 5.69 Å². The largest absolute Gasteiger partial charge is 0.494 e. The van der Waals surface area contributed by atoms with Crippen LogP contribution in [0.5, 0.6) is 5.75 Å². The number of nitrogens with zero attached hydrogens (tertiary/aromatic N) is 2. The molecule has 2 rings (SSSR count). The Bertz CT molecular complexity index is 937. The average Bonchev–Trinajstić information content (AvgIpc) is 2.64. The summed E-state index contributed by atoms with van der Waals surface area (Å²) in [5.74, 6) is -0.967. The summed E-state index contributed by atoms with van der Waals surface area (Å²) >= 11 is 0. The van der Waals surface area contributed by atoms with Crippen molar-refractivity contribution in [2.45, 2.75) is 13.8 Å². The van der Waals surface area contributed by atoms with Crippen LogP contribution in [-0.4, -0.2) is 36.7 Å². The SMILES string of the molecule is COc1cc([N+](=O)[O-])ccc1NC(=O)/C=N\OCC(=O)Nc1cc(C)cc(C)c1. The fourth-order valence-corrected chi connectivity index (χ4v) is 2.49. The molecular weight excluding hydrogens is 380 g/mol. The molecule has 0 aliphatic carbocycles. The van der Waals surface area contributed by atoms with Crippen LogP contribution < -0.4 is 15.4 Å². The predicted octanol–water partition coefficient (Wildman–Crippen LogP) is 2.80. The zero-order valence-corrected chi connectivity index (χ0v) is 16.1. The third-order valence-electron chi connectivity index (χ3n) is 3.60. The van der Waals surface area contributed by atoms with Crippen LogP contribution in [0.1, 0.15) is 11.1 Å². The second kappa shape index (κ2) is 9.83. The van der Waals surface area contributed by atoms with Crippen LogP contribution in [-0.2, 0) is 14.4 Å². The smallest absolute Gasteiger partial charge is 0.273 e. The molecule has 0 saturated heterocycles. The Morgan fingerprint density at radius 2 is 1.83 bits per heavy atom. The molecular formula is C19H20N4O6. The number of oxime groups is 1.